The van der Waals surface area contributed by atoms with E-state index in [1.165, 1.54) is 4.68 Å². The lowest BCUT2D eigenvalue weighted by atomic mass is 10.2. The van der Waals surface area contributed by atoms with Gasteiger partial charge in [-0.3, -0.25) is 4.68 Å². The highest BCUT2D eigenvalue weighted by molar-refractivity contribution is 5.85. The maximum Gasteiger partial charge on any atom is 0.215 e. The van der Waals surface area contributed by atoms with Crippen molar-refractivity contribution in [2.24, 2.45) is 14.1 Å². The number of aromatic nitrogens is 4. The van der Waals surface area contributed by atoms with Crippen LogP contribution in [0, 0.1) is 12.9 Å². The van der Waals surface area contributed by atoms with Crippen LogP contribution in [0.15, 0.2) is 12.4 Å². The van der Waals surface area contributed by atoms with Gasteiger partial charge in [-0.2, -0.15) is 14.6 Å². The fourth-order valence-electron chi connectivity index (χ4n) is 1.64. The molecular formula is C11H17ClFN5. The minimum absolute atomic E-state index is 0. The quantitative estimate of drug-likeness (QED) is 0.914. The van der Waals surface area contributed by atoms with Crippen LogP contribution < -0.4 is 5.32 Å². The number of hydrogen-bond acceptors (Lipinski definition) is 3. The molecule has 0 saturated carbocycles. The Balaban J connectivity index is 0.00000162. The van der Waals surface area contributed by atoms with E-state index in [-0.39, 0.29) is 18.4 Å². The minimum atomic E-state index is -0.291. The van der Waals surface area contributed by atoms with Crippen LogP contribution in [0.3, 0.4) is 0 Å². The molecule has 0 atom stereocenters. The first-order chi connectivity index (χ1) is 8.09. The predicted octanol–water partition coefficient (Wildman–Crippen LogP) is 1.31. The minimum Gasteiger partial charge on any atom is -0.308 e. The van der Waals surface area contributed by atoms with Gasteiger partial charge in [-0.25, -0.2) is 4.68 Å². The van der Waals surface area contributed by atoms with Crippen LogP contribution in [-0.2, 0) is 27.2 Å². The van der Waals surface area contributed by atoms with E-state index in [9.17, 15) is 4.39 Å². The average molecular weight is 274 g/mol. The fourth-order valence-corrected chi connectivity index (χ4v) is 1.64. The van der Waals surface area contributed by atoms with E-state index in [1.807, 2.05) is 24.9 Å². The molecule has 0 amide bonds. The van der Waals surface area contributed by atoms with Crippen molar-refractivity contribution in [1.29, 1.82) is 0 Å². The van der Waals surface area contributed by atoms with E-state index in [4.69, 9.17) is 0 Å². The first-order valence-electron chi connectivity index (χ1n) is 5.44. The van der Waals surface area contributed by atoms with Gasteiger partial charge in [0.1, 0.15) is 0 Å². The van der Waals surface area contributed by atoms with E-state index in [0.29, 0.717) is 18.7 Å². The van der Waals surface area contributed by atoms with E-state index in [0.717, 1.165) is 11.3 Å². The lowest BCUT2D eigenvalue weighted by Gasteiger charge is -2.03. The van der Waals surface area contributed by atoms with Gasteiger partial charge in [-0.1, -0.05) is 0 Å². The molecule has 2 aromatic heterocycles. The molecule has 0 aliphatic rings. The molecular weight excluding hydrogens is 257 g/mol. The molecule has 7 heteroatoms. The lowest BCUT2D eigenvalue weighted by molar-refractivity contribution is 0.489. The Morgan fingerprint density at radius 2 is 1.67 bits per heavy atom. The first kappa shape index (κ1) is 14.7. The number of aryl methyl sites for hydroxylation is 2. The number of hydrogen-bond donors (Lipinski definition) is 1. The molecule has 100 valence electrons. The third kappa shape index (κ3) is 2.88. The summed E-state index contributed by atoms with van der Waals surface area (Å²) in [7, 11) is 3.49. The summed E-state index contributed by atoms with van der Waals surface area (Å²) in [5, 5.41) is 11.2. The van der Waals surface area contributed by atoms with Crippen molar-refractivity contribution in [3.8, 4) is 0 Å². The van der Waals surface area contributed by atoms with Crippen LogP contribution in [-0.4, -0.2) is 19.6 Å². The topological polar surface area (TPSA) is 47.7 Å². The second-order valence-electron chi connectivity index (χ2n) is 4.07. The molecule has 0 aliphatic carbocycles. The van der Waals surface area contributed by atoms with Gasteiger partial charge in [-0.15, -0.1) is 12.4 Å². The zero-order chi connectivity index (χ0) is 12.4. The van der Waals surface area contributed by atoms with Crippen molar-refractivity contribution < 1.29 is 4.39 Å². The smallest absolute Gasteiger partial charge is 0.215 e. The molecule has 18 heavy (non-hydrogen) atoms. The molecule has 0 unspecified atom stereocenters. The molecule has 0 aromatic carbocycles. The monoisotopic (exact) mass is 273 g/mol. The van der Waals surface area contributed by atoms with Crippen LogP contribution in [0.2, 0.25) is 0 Å². The number of nitrogens with one attached hydrogen (secondary N) is 1. The van der Waals surface area contributed by atoms with Crippen molar-refractivity contribution in [1.82, 2.24) is 24.9 Å². The fraction of sp³-hybridized carbons (Fsp3) is 0.455. The van der Waals surface area contributed by atoms with E-state index in [2.05, 4.69) is 15.5 Å². The maximum atomic E-state index is 13.4. The summed E-state index contributed by atoms with van der Waals surface area (Å²) in [4.78, 5) is 0. The van der Waals surface area contributed by atoms with Crippen LogP contribution in [0.25, 0.3) is 0 Å². The maximum absolute atomic E-state index is 13.4. The Morgan fingerprint density at radius 1 is 1.11 bits per heavy atom. The van der Waals surface area contributed by atoms with Crippen LogP contribution >= 0.6 is 12.4 Å². The summed E-state index contributed by atoms with van der Waals surface area (Å²) in [5.74, 6) is -0.291. The Morgan fingerprint density at radius 3 is 2.17 bits per heavy atom. The molecule has 2 aromatic rings. The van der Waals surface area contributed by atoms with Gasteiger partial charge in [0.2, 0.25) is 5.95 Å². The first-order valence-corrected chi connectivity index (χ1v) is 5.44. The van der Waals surface area contributed by atoms with Crippen molar-refractivity contribution in [3.05, 3.63) is 35.2 Å². The highest BCUT2D eigenvalue weighted by Gasteiger charge is 2.08. The molecule has 0 aliphatic heterocycles. The molecule has 0 bridgehead atoms. The SMILES string of the molecule is Cc1c(CNCc2cnn(C)c2F)cnn1C.Cl. The molecule has 1 N–H and O–H groups in total. The van der Waals surface area contributed by atoms with E-state index >= 15 is 0 Å². The summed E-state index contributed by atoms with van der Waals surface area (Å²) in [6.45, 7) is 3.15. The van der Waals surface area contributed by atoms with Gasteiger partial charge < -0.3 is 5.32 Å². The van der Waals surface area contributed by atoms with Crippen LogP contribution in [0.1, 0.15) is 16.8 Å². The molecule has 2 rings (SSSR count). The number of nitrogens with zero attached hydrogens (tertiary/aromatic N) is 4. The summed E-state index contributed by atoms with van der Waals surface area (Å²) in [5.41, 5.74) is 2.81. The standard InChI is InChI=1S/C11H16FN5.ClH/c1-8-9(6-14-16(8)2)4-13-5-10-7-15-17(3)11(10)12;/h6-7,13H,4-5H2,1-3H3;1H. The van der Waals surface area contributed by atoms with Gasteiger partial charge in [0.15, 0.2) is 0 Å². The van der Waals surface area contributed by atoms with Gasteiger partial charge >= 0.3 is 0 Å². The highest BCUT2D eigenvalue weighted by atomic mass is 35.5. The van der Waals surface area contributed by atoms with Crippen LogP contribution in [0.5, 0.6) is 0 Å². The van der Waals surface area contributed by atoms with Gasteiger partial charge in [0, 0.05) is 44.0 Å². The molecule has 0 radical (unpaired) electrons. The molecule has 2 heterocycles. The zero-order valence-corrected chi connectivity index (χ0v) is 11.5. The third-order valence-corrected chi connectivity index (χ3v) is 2.90. The van der Waals surface area contributed by atoms with Gasteiger partial charge in [0.25, 0.3) is 0 Å². The third-order valence-electron chi connectivity index (χ3n) is 2.90. The normalized spacial score (nSPS) is 10.4. The predicted molar refractivity (Wildman–Crippen MR) is 68.9 cm³/mol. The molecule has 0 spiro atoms. The van der Waals surface area contributed by atoms with Crippen molar-refractivity contribution >= 4 is 12.4 Å². The Kier molecular flexibility index (Phi) is 4.86. The van der Waals surface area contributed by atoms with Gasteiger partial charge in [0.05, 0.1) is 12.4 Å². The second-order valence-corrected chi connectivity index (χ2v) is 4.07. The summed E-state index contributed by atoms with van der Waals surface area (Å²) in [6, 6.07) is 0. The summed E-state index contributed by atoms with van der Waals surface area (Å²) < 4.78 is 16.5. The Bertz CT molecular complexity index is 473. The number of halogens is 2. The summed E-state index contributed by atoms with van der Waals surface area (Å²) in [6.07, 6.45) is 3.36. The van der Waals surface area contributed by atoms with Crippen molar-refractivity contribution in [3.63, 3.8) is 0 Å². The van der Waals surface area contributed by atoms with E-state index < -0.39 is 0 Å². The lowest BCUT2D eigenvalue weighted by Crippen LogP contribution is -2.14. The second kappa shape index (κ2) is 5.97. The van der Waals surface area contributed by atoms with E-state index in [1.54, 1.807) is 13.2 Å². The number of rotatable bonds is 4. The Hall–Kier alpha value is -1.40. The molecule has 5 nitrogen and oxygen atoms in total. The zero-order valence-electron chi connectivity index (χ0n) is 10.6. The molecule has 0 fully saturated rings. The summed E-state index contributed by atoms with van der Waals surface area (Å²) >= 11 is 0. The van der Waals surface area contributed by atoms with Crippen molar-refractivity contribution in [2.75, 3.05) is 0 Å². The largest absolute Gasteiger partial charge is 0.308 e. The molecule has 0 saturated heterocycles. The van der Waals surface area contributed by atoms with Crippen LogP contribution in [0.4, 0.5) is 4.39 Å². The average Bonchev–Trinajstić information content (AvgIpc) is 2.79. The highest BCUT2D eigenvalue weighted by Crippen LogP contribution is 2.07. The Labute approximate surface area is 111 Å². The van der Waals surface area contributed by atoms with Crippen molar-refractivity contribution in [2.45, 2.75) is 20.0 Å². The van der Waals surface area contributed by atoms with Gasteiger partial charge in [-0.05, 0) is 6.92 Å².